The van der Waals surface area contributed by atoms with Crippen molar-refractivity contribution >= 4 is 22.1 Å². The van der Waals surface area contributed by atoms with E-state index in [0.717, 1.165) is 67.2 Å². The van der Waals surface area contributed by atoms with E-state index in [2.05, 4.69) is 9.80 Å². The summed E-state index contributed by atoms with van der Waals surface area (Å²) in [6, 6.07) is 0.846. The van der Waals surface area contributed by atoms with Gasteiger partial charge in [0.1, 0.15) is 16.9 Å². The summed E-state index contributed by atoms with van der Waals surface area (Å²) in [5.41, 5.74) is 1.12. The molecule has 3 heterocycles. The molecule has 5 nitrogen and oxygen atoms in total. The maximum absolute atomic E-state index is 11.5. The molecule has 4 rings (SSSR count). The summed E-state index contributed by atoms with van der Waals surface area (Å²) in [6.07, 6.45) is 8.77. The zero-order valence-electron chi connectivity index (χ0n) is 14.5. The highest BCUT2D eigenvalue weighted by atomic mass is 32.1. The Kier molecular flexibility index (Phi) is 4.77. The van der Waals surface area contributed by atoms with Crippen LogP contribution in [-0.4, -0.2) is 54.0 Å². The second-order valence-corrected chi connectivity index (χ2v) is 8.34. The number of aromatic nitrogens is 1. The number of Topliss-reactive ketones (excluding diaryl/α,β-unsaturated/α-hetero) is 1. The fourth-order valence-corrected chi connectivity index (χ4v) is 5.05. The summed E-state index contributed by atoms with van der Waals surface area (Å²) in [5, 5.41) is 1.95. The lowest BCUT2D eigenvalue weighted by atomic mass is 9.90. The van der Waals surface area contributed by atoms with Crippen molar-refractivity contribution in [2.24, 2.45) is 0 Å². The second-order valence-electron chi connectivity index (χ2n) is 7.40. The lowest BCUT2D eigenvalue weighted by Crippen LogP contribution is -2.46. The average Bonchev–Trinajstić information content (AvgIpc) is 2.90. The lowest BCUT2D eigenvalue weighted by molar-refractivity contribution is -0.115. The van der Waals surface area contributed by atoms with Crippen LogP contribution in [0.2, 0.25) is 0 Å². The van der Waals surface area contributed by atoms with Gasteiger partial charge in [0, 0.05) is 25.7 Å². The van der Waals surface area contributed by atoms with E-state index in [1.807, 2.05) is 0 Å². The average molecular weight is 350 g/mol. The Hall–Kier alpha value is -1.14. The van der Waals surface area contributed by atoms with Gasteiger partial charge < -0.3 is 14.5 Å². The predicted molar refractivity (Wildman–Crippen MR) is 96.2 cm³/mol. The van der Waals surface area contributed by atoms with Crippen LogP contribution < -0.4 is 9.64 Å². The number of likely N-dealkylation sites (tertiary alicyclic amines) is 1. The van der Waals surface area contributed by atoms with Crippen LogP contribution in [0.4, 0.5) is 5.00 Å². The third-order valence-electron chi connectivity index (χ3n) is 5.53. The molecule has 6 heteroatoms. The molecule has 2 aliphatic heterocycles. The fourth-order valence-electron chi connectivity index (χ4n) is 3.99. The molecule has 132 valence electrons. The zero-order valence-corrected chi connectivity index (χ0v) is 15.3. The van der Waals surface area contributed by atoms with Gasteiger partial charge >= 0.3 is 0 Å². The number of rotatable bonds is 5. The monoisotopic (exact) mass is 349 g/mol. The van der Waals surface area contributed by atoms with Gasteiger partial charge in [-0.25, -0.2) is 4.98 Å². The molecular weight excluding hydrogens is 322 g/mol. The first-order valence-electron chi connectivity index (χ1n) is 9.34. The molecule has 1 saturated carbocycles. The van der Waals surface area contributed by atoms with Crippen molar-refractivity contribution < 1.29 is 9.53 Å². The molecule has 1 saturated heterocycles. The molecule has 1 aliphatic carbocycles. The zero-order chi connectivity index (χ0) is 16.5. The number of thiazole rings is 1. The van der Waals surface area contributed by atoms with E-state index in [1.165, 1.54) is 19.3 Å². The lowest BCUT2D eigenvalue weighted by Gasteiger charge is -2.41. The number of piperidine rings is 1. The SMILES string of the molecule is CC(=O)CN1CCCc2nc(OC3CCN(C4CCC4)CC3)sc21. The summed E-state index contributed by atoms with van der Waals surface area (Å²) < 4.78 is 6.21. The van der Waals surface area contributed by atoms with Gasteiger partial charge in [0.05, 0.1) is 12.2 Å². The normalized spacial score (nSPS) is 23.0. The third-order valence-corrected chi connectivity index (χ3v) is 6.58. The molecule has 0 aromatic carbocycles. The van der Waals surface area contributed by atoms with E-state index >= 15 is 0 Å². The number of nitrogens with zero attached hydrogens (tertiary/aromatic N) is 3. The Balaban J connectivity index is 1.36. The predicted octanol–water partition coefficient (Wildman–Crippen LogP) is 2.88. The minimum absolute atomic E-state index is 0.210. The first-order valence-corrected chi connectivity index (χ1v) is 10.2. The van der Waals surface area contributed by atoms with Crippen LogP contribution in [0, 0.1) is 0 Å². The highest BCUT2D eigenvalue weighted by Gasteiger charge is 2.30. The van der Waals surface area contributed by atoms with Crippen LogP contribution in [0.3, 0.4) is 0 Å². The van der Waals surface area contributed by atoms with Crippen molar-refractivity contribution in [1.82, 2.24) is 9.88 Å². The van der Waals surface area contributed by atoms with Crippen molar-refractivity contribution in [2.75, 3.05) is 31.1 Å². The molecule has 0 atom stereocenters. The van der Waals surface area contributed by atoms with Crippen molar-refractivity contribution in [3.8, 4) is 5.19 Å². The summed E-state index contributed by atoms with van der Waals surface area (Å²) in [5.74, 6) is 0.210. The molecule has 0 unspecified atom stereocenters. The standard InChI is InChI=1S/C18H27N3O2S/c1-13(22)12-21-9-3-6-16-17(21)24-18(19-16)23-15-7-10-20(11-8-15)14-4-2-5-14/h14-15H,2-12H2,1H3. The molecule has 0 N–H and O–H groups in total. The van der Waals surface area contributed by atoms with Crippen molar-refractivity contribution in [1.29, 1.82) is 0 Å². The maximum Gasteiger partial charge on any atom is 0.275 e. The Morgan fingerprint density at radius 1 is 1.21 bits per heavy atom. The summed E-state index contributed by atoms with van der Waals surface area (Å²) >= 11 is 1.63. The number of aryl methyl sites for hydroxylation is 1. The number of hydrogen-bond acceptors (Lipinski definition) is 6. The van der Waals surface area contributed by atoms with Gasteiger partial charge in [-0.15, -0.1) is 0 Å². The van der Waals surface area contributed by atoms with Crippen molar-refractivity contribution in [3.05, 3.63) is 5.69 Å². The van der Waals surface area contributed by atoms with Gasteiger partial charge in [-0.05, 0) is 45.4 Å². The van der Waals surface area contributed by atoms with Gasteiger partial charge in [-0.3, -0.25) is 4.79 Å². The molecule has 0 bridgehead atoms. The Morgan fingerprint density at radius 2 is 2.00 bits per heavy atom. The van der Waals surface area contributed by atoms with Crippen LogP contribution in [0.15, 0.2) is 0 Å². The van der Waals surface area contributed by atoms with Crippen LogP contribution in [-0.2, 0) is 11.2 Å². The Labute approximate surface area is 148 Å². The van der Waals surface area contributed by atoms with Gasteiger partial charge in [-0.1, -0.05) is 17.8 Å². The number of fused-ring (bicyclic) bond motifs is 1. The molecule has 0 amide bonds. The maximum atomic E-state index is 11.5. The van der Waals surface area contributed by atoms with Crippen LogP contribution in [0.1, 0.15) is 51.1 Å². The van der Waals surface area contributed by atoms with Gasteiger partial charge in [0.25, 0.3) is 5.19 Å². The minimum atomic E-state index is 0.210. The minimum Gasteiger partial charge on any atom is -0.467 e. The van der Waals surface area contributed by atoms with Gasteiger partial charge in [0.15, 0.2) is 0 Å². The van der Waals surface area contributed by atoms with E-state index in [-0.39, 0.29) is 5.78 Å². The number of ether oxygens (including phenoxy) is 1. The largest absolute Gasteiger partial charge is 0.467 e. The van der Waals surface area contributed by atoms with Gasteiger partial charge in [0.2, 0.25) is 0 Å². The van der Waals surface area contributed by atoms with Crippen LogP contribution in [0.25, 0.3) is 0 Å². The number of hydrogen-bond donors (Lipinski definition) is 0. The highest BCUT2D eigenvalue weighted by Crippen LogP contribution is 2.38. The van der Waals surface area contributed by atoms with Gasteiger partial charge in [-0.2, -0.15) is 0 Å². The number of ketones is 1. The molecular formula is C18H27N3O2S. The molecule has 0 radical (unpaired) electrons. The first kappa shape index (κ1) is 16.3. The summed E-state index contributed by atoms with van der Waals surface area (Å²) in [6.45, 7) is 5.43. The van der Waals surface area contributed by atoms with Crippen molar-refractivity contribution in [2.45, 2.75) is 64.0 Å². The van der Waals surface area contributed by atoms with E-state index in [4.69, 9.17) is 9.72 Å². The molecule has 2 fully saturated rings. The molecule has 3 aliphatic rings. The molecule has 1 aromatic heterocycles. The van der Waals surface area contributed by atoms with E-state index in [1.54, 1.807) is 18.3 Å². The summed E-state index contributed by atoms with van der Waals surface area (Å²) in [7, 11) is 0. The number of carbonyl (C=O) groups is 1. The molecule has 1 aromatic rings. The van der Waals surface area contributed by atoms with E-state index in [9.17, 15) is 4.79 Å². The smallest absolute Gasteiger partial charge is 0.275 e. The first-order chi connectivity index (χ1) is 11.7. The topological polar surface area (TPSA) is 45.7 Å². The molecule has 24 heavy (non-hydrogen) atoms. The van der Waals surface area contributed by atoms with Crippen molar-refractivity contribution in [3.63, 3.8) is 0 Å². The Bertz CT molecular complexity index is 591. The Morgan fingerprint density at radius 3 is 2.67 bits per heavy atom. The quantitative estimate of drug-likeness (QED) is 0.818. The van der Waals surface area contributed by atoms with E-state index < -0.39 is 0 Å². The third kappa shape index (κ3) is 3.45. The fraction of sp³-hybridized carbons (Fsp3) is 0.778. The number of carbonyl (C=O) groups excluding carboxylic acids is 1. The van der Waals surface area contributed by atoms with Crippen LogP contribution >= 0.6 is 11.3 Å². The summed E-state index contributed by atoms with van der Waals surface area (Å²) in [4.78, 5) is 21.0. The molecule has 0 spiro atoms. The highest BCUT2D eigenvalue weighted by molar-refractivity contribution is 7.17. The second kappa shape index (κ2) is 7.00. The van der Waals surface area contributed by atoms with Crippen LogP contribution in [0.5, 0.6) is 5.19 Å². The van der Waals surface area contributed by atoms with E-state index in [0.29, 0.717) is 12.6 Å². The number of anilines is 1.